The van der Waals surface area contributed by atoms with E-state index < -0.39 is 0 Å². The largest absolute Gasteiger partial charge is 0.378 e. The topological polar surface area (TPSA) is 9.23 Å². The summed E-state index contributed by atoms with van der Waals surface area (Å²) >= 11 is 1.95. The molecule has 62 valence electrons. The van der Waals surface area contributed by atoms with Crippen molar-refractivity contribution in [1.82, 2.24) is 0 Å². The molecule has 0 N–H and O–H groups in total. The van der Waals surface area contributed by atoms with Gasteiger partial charge in [-0.2, -0.15) is 11.8 Å². The zero-order valence-corrected chi connectivity index (χ0v) is 8.20. The number of thioether (sulfide) groups is 1. The molecule has 0 saturated heterocycles. The van der Waals surface area contributed by atoms with Crippen LogP contribution in [0.25, 0.3) is 0 Å². The standard InChI is InChI=1S/C8H18OS/c1-7(2)9-5-6-10-8(3)4/h7-8H,5-6H2,1-4H3. The third-order valence-corrected chi connectivity index (χ3v) is 2.05. The molecule has 0 aromatic carbocycles. The Labute approximate surface area is 68.5 Å². The second-order valence-electron chi connectivity index (χ2n) is 2.84. The van der Waals surface area contributed by atoms with Crippen LogP contribution >= 0.6 is 11.8 Å². The summed E-state index contributed by atoms with van der Waals surface area (Å²) in [5, 5.41) is 0.732. The minimum absolute atomic E-state index is 0.382. The van der Waals surface area contributed by atoms with Crippen LogP contribution < -0.4 is 0 Å². The average Bonchev–Trinajstić information content (AvgIpc) is 1.79. The van der Waals surface area contributed by atoms with Crippen LogP contribution in [0.3, 0.4) is 0 Å². The molecule has 0 aromatic rings. The van der Waals surface area contributed by atoms with Gasteiger partial charge in [-0.3, -0.25) is 0 Å². The number of rotatable bonds is 5. The molecular formula is C8H18OS. The van der Waals surface area contributed by atoms with E-state index in [1.54, 1.807) is 0 Å². The predicted octanol–water partition coefficient (Wildman–Crippen LogP) is 2.55. The zero-order chi connectivity index (χ0) is 7.98. The summed E-state index contributed by atoms with van der Waals surface area (Å²) in [6.45, 7) is 9.45. The van der Waals surface area contributed by atoms with Crippen molar-refractivity contribution < 1.29 is 4.74 Å². The molecule has 0 aliphatic carbocycles. The molecule has 0 spiro atoms. The molecule has 0 aliphatic rings. The Balaban J connectivity index is 2.91. The van der Waals surface area contributed by atoms with Crippen LogP contribution in [0.2, 0.25) is 0 Å². The highest BCUT2D eigenvalue weighted by atomic mass is 32.2. The quantitative estimate of drug-likeness (QED) is 0.575. The average molecular weight is 162 g/mol. The lowest BCUT2D eigenvalue weighted by Gasteiger charge is -2.07. The van der Waals surface area contributed by atoms with Crippen molar-refractivity contribution in [3.8, 4) is 0 Å². The van der Waals surface area contributed by atoms with Gasteiger partial charge in [-0.1, -0.05) is 13.8 Å². The van der Waals surface area contributed by atoms with Crippen molar-refractivity contribution in [3.05, 3.63) is 0 Å². The molecule has 0 unspecified atom stereocenters. The van der Waals surface area contributed by atoms with E-state index in [9.17, 15) is 0 Å². The third kappa shape index (κ3) is 8.31. The van der Waals surface area contributed by atoms with Gasteiger partial charge in [0, 0.05) is 5.75 Å². The molecule has 1 nitrogen and oxygen atoms in total. The molecule has 2 heteroatoms. The summed E-state index contributed by atoms with van der Waals surface area (Å²) in [5.41, 5.74) is 0. The fourth-order valence-corrected chi connectivity index (χ4v) is 1.23. The van der Waals surface area contributed by atoms with E-state index in [2.05, 4.69) is 27.7 Å². The summed E-state index contributed by atoms with van der Waals surface area (Å²) in [7, 11) is 0. The molecular weight excluding hydrogens is 144 g/mol. The molecule has 0 rings (SSSR count). The van der Waals surface area contributed by atoms with Gasteiger partial charge in [0.1, 0.15) is 0 Å². The lowest BCUT2D eigenvalue weighted by molar-refractivity contribution is 0.0920. The molecule has 0 aliphatic heterocycles. The SMILES string of the molecule is CC(C)OCCSC(C)C. The van der Waals surface area contributed by atoms with Crippen LogP contribution in [0.15, 0.2) is 0 Å². The first-order chi connectivity index (χ1) is 4.63. The fourth-order valence-electron chi connectivity index (χ4n) is 0.568. The first kappa shape index (κ1) is 10.3. The van der Waals surface area contributed by atoms with Crippen LogP contribution in [-0.2, 0) is 4.74 Å². The van der Waals surface area contributed by atoms with Crippen LogP contribution in [0.5, 0.6) is 0 Å². The van der Waals surface area contributed by atoms with Gasteiger partial charge in [0.25, 0.3) is 0 Å². The molecule has 0 aromatic heterocycles. The van der Waals surface area contributed by atoms with Crippen molar-refractivity contribution in [2.75, 3.05) is 12.4 Å². The van der Waals surface area contributed by atoms with Crippen molar-refractivity contribution in [2.45, 2.75) is 39.0 Å². The van der Waals surface area contributed by atoms with E-state index in [-0.39, 0.29) is 0 Å². The maximum atomic E-state index is 5.37. The zero-order valence-electron chi connectivity index (χ0n) is 7.39. The molecule has 0 bridgehead atoms. The molecule has 0 radical (unpaired) electrons. The molecule has 10 heavy (non-hydrogen) atoms. The minimum atomic E-state index is 0.382. The first-order valence-electron chi connectivity index (χ1n) is 3.86. The van der Waals surface area contributed by atoms with Crippen molar-refractivity contribution >= 4 is 11.8 Å². The van der Waals surface area contributed by atoms with Gasteiger partial charge in [0.05, 0.1) is 12.7 Å². The second kappa shape index (κ2) is 6.05. The third-order valence-electron chi connectivity index (χ3n) is 0.986. The Bertz CT molecular complexity index is 61.7. The van der Waals surface area contributed by atoms with Gasteiger partial charge in [0.2, 0.25) is 0 Å². The van der Waals surface area contributed by atoms with Crippen molar-refractivity contribution in [1.29, 1.82) is 0 Å². The molecule has 0 heterocycles. The maximum Gasteiger partial charge on any atom is 0.0560 e. The van der Waals surface area contributed by atoms with Gasteiger partial charge >= 0.3 is 0 Å². The van der Waals surface area contributed by atoms with Gasteiger partial charge in [0.15, 0.2) is 0 Å². The van der Waals surface area contributed by atoms with Crippen LogP contribution in [-0.4, -0.2) is 23.7 Å². The van der Waals surface area contributed by atoms with Gasteiger partial charge in [-0.25, -0.2) is 0 Å². The lowest BCUT2D eigenvalue weighted by atomic mass is 10.5. The van der Waals surface area contributed by atoms with E-state index in [1.807, 2.05) is 11.8 Å². The number of hydrogen-bond donors (Lipinski definition) is 0. The lowest BCUT2D eigenvalue weighted by Crippen LogP contribution is -2.06. The number of ether oxygens (including phenoxy) is 1. The van der Waals surface area contributed by atoms with Crippen molar-refractivity contribution in [2.24, 2.45) is 0 Å². The monoisotopic (exact) mass is 162 g/mol. The Hall–Kier alpha value is 0.310. The highest BCUT2D eigenvalue weighted by molar-refractivity contribution is 7.99. The van der Waals surface area contributed by atoms with Crippen LogP contribution in [0.4, 0.5) is 0 Å². The molecule has 0 saturated carbocycles. The van der Waals surface area contributed by atoms with E-state index >= 15 is 0 Å². The normalized spacial score (nSPS) is 11.4. The minimum Gasteiger partial charge on any atom is -0.378 e. The molecule has 0 fully saturated rings. The van der Waals surface area contributed by atoms with E-state index in [0.29, 0.717) is 6.10 Å². The van der Waals surface area contributed by atoms with Crippen LogP contribution in [0.1, 0.15) is 27.7 Å². The summed E-state index contributed by atoms with van der Waals surface area (Å²) < 4.78 is 5.37. The number of hydrogen-bond acceptors (Lipinski definition) is 2. The molecule has 0 atom stereocenters. The first-order valence-corrected chi connectivity index (χ1v) is 4.91. The molecule has 0 amide bonds. The second-order valence-corrected chi connectivity index (χ2v) is 4.52. The Morgan fingerprint density at radius 1 is 1.20 bits per heavy atom. The van der Waals surface area contributed by atoms with Gasteiger partial charge in [-0.15, -0.1) is 0 Å². The highest BCUT2D eigenvalue weighted by Crippen LogP contribution is 2.08. The van der Waals surface area contributed by atoms with Gasteiger partial charge < -0.3 is 4.74 Å². The fraction of sp³-hybridized carbons (Fsp3) is 1.00. The Morgan fingerprint density at radius 3 is 2.20 bits per heavy atom. The highest BCUT2D eigenvalue weighted by Gasteiger charge is 1.95. The smallest absolute Gasteiger partial charge is 0.0560 e. The summed E-state index contributed by atoms with van der Waals surface area (Å²) in [6, 6.07) is 0. The van der Waals surface area contributed by atoms with Crippen LogP contribution in [0, 0.1) is 0 Å². The Morgan fingerprint density at radius 2 is 1.80 bits per heavy atom. The Kier molecular flexibility index (Phi) is 6.24. The predicted molar refractivity (Wildman–Crippen MR) is 48.7 cm³/mol. The summed E-state index contributed by atoms with van der Waals surface area (Å²) in [5.74, 6) is 1.12. The van der Waals surface area contributed by atoms with Crippen molar-refractivity contribution in [3.63, 3.8) is 0 Å². The van der Waals surface area contributed by atoms with E-state index in [1.165, 1.54) is 0 Å². The van der Waals surface area contributed by atoms with Gasteiger partial charge in [-0.05, 0) is 19.1 Å². The van der Waals surface area contributed by atoms with E-state index in [0.717, 1.165) is 17.6 Å². The van der Waals surface area contributed by atoms with E-state index in [4.69, 9.17) is 4.74 Å². The summed E-state index contributed by atoms with van der Waals surface area (Å²) in [4.78, 5) is 0. The maximum absolute atomic E-state index is 5.37. The summed E-state index contributed by atoms with van der Waals surface area (Å²) in [6.07, 6.45) is 0.382.